The van der Waals surface area contributed by atoms with E-state index in [0.29, 0.717) is 38.4 Å². The van der Waals surface area contributed by atoms with Gasteiger partial charge in [-0.1, -0.05) is 0 Å². The first-order chi connectivity index (χ1) is 13.0. The van der Waals surface area contributed by atoms with Gasteiger partial charge in [0, 0.05) is 44.1 Å². The minimum atomic E-state index is -3.55. The van der Waals surface area contributed by atoms with Gasteiger partial charge in [0.2, 0.25) is 10.0 Å². The van der Waals surface area contributed by atoms with Crippen molar-refractivity contribution >= 4 is 15.8 Å². The Labute approximate surface area is 158 Å². The molecule has 0 spiro atoms. The highest BCUT2D eigenvalue weighted by Crippen LogP contribution is 2.30. The minimum absolute atomic E-state index is 0.0650. The molecule has 27 heavy (non-hydrogen) atoms. The van der Waals surface area contributed by atoms with E-state index < -0.39 is 10.0 Å². The molecule has 2 aromatic heterocycles. The monoisotopic (exact) mass is 389 g/mol. The molecule has 0 unspecified atom stereocenters. The topological polar surface area (TPSA) is 97.2 Å². The zero-order valence-electron chi connectivity index (χ0n) is 15.0. The second-order valence-corrected chi connectivity index (χ2v) is 8.94. The van der Waals surface area contributed by atoms with Crippen LogP contribution >= 0.6 is 0 Å². The van der Waals surface area contributed by atoms with Gasteiger partial charge >= 0.3 is 0 Å². The van der Waals surface area contributed by atoms with Crippen LogP contribution in [0, 0.1) is 5.92 Å². The Bertz CT molecular complexity index is 948. The molecule has 1 N–H and O–H groups in total. The summed E-state index contributed by atoms with van der Waals surface area (Å²) in [5.41, 5.74) is -0.0650. The van der Waals surface area contributed by atoms with E-state index in [0.717, 1.165) is 5.82 Å². The predicted molar refractivity (Wildman–Crippen MR) is 101 cm³/mol. The molecule has 9 heteroatoms. The molecule has 0 atom stereocenters. The average Bonchev–Trinajstić information content (AvgIpc) is 3.49. The lowest BCUT2D eigenvalue weighted by molar-refractivity contribution is 0.452. The summed E-state index contributed by atoms with van der Waals surface area (Å²) in [4.78, 5) is 18.1. The van der Waals surface area contributed by atoms with Crippen LogP contribution in [0.1, 0.15) is 25.7 Å². The number of aromatic nitrogens is 3. The molecule has 1 saturated heterocycles. The van der Waals surface area contributed by atoms with Gasteiger partial charge in [-0.2, -0.15) is 5.10 Å². The van der Waals surface area contributed by atoms with Gasteiger partial charge in [-0.15, -0.1) is 0 Å². The average molecular weight is 389 g/mol. The van der Waals surface area contributed by atoms with Crippen LogP contribution in [0.5, 0.6) is 0 Å². The second-order valence-electron chi connectivity index (χ2n) is 7.23. The van der Waals surface area contributed by atoms with Crippen LogP contribution in [0.3, 0.4) is 0 Å². The lowest BCUT2D eigenvalue weighted by Crippen LogP contribution is -2.45. The Morgan fingerprint density at radius 2 is 1.89 bits per heavy atom. The molecule has 0 radical (unpaired) electrons. The quantitative estimate of drug-likeness (QED) is 0.792. The van der Waals surface area contributed by atoms with E-state index in [9.17, 15) is 13.2 Å². The van der Waals surface area contributed by atoms with Gasteiger partial charge in [0.25, 0.3) is 5.56 Å². The van der Waals surface area contributed by atoms with E-state index in [1.54, 1.807) is 29.1 Å². The van der Waals surface area contributed by atoms with Crippen LogP contribution in [0.4, 0.5) is 5.82 Å². The fourth-order valence-electron chi connectivity index (χ4n) is 3.30. The van der Waals surface area contributed by atoms with Crippen molar-refractivity contribution in [3.05, 3.63) is 47.0 Å². The van der Waals surface area contributed by atoms with Crippen LogP contribution in [0.2, 0.25) is 0 Å². The normalized spacial score (nSPS) is 18.6. The van der Waals surface area contributed by atoms with E-state index >= 15 is 0 Å². The third kappa shape index (κ3) is 4.36. The van der Waals surface area contributed by atoms with Gasteiger partial charge in [-0.3, -0.25) is 9.78 Å². The first-order valence-electron chi connectivity index (χ1n) is 9.27. The maximum atomic E-state index is 12.4. The summed E-state index contributed by atoms with van der Waals surface area (Å²) in [5, 5.41) is 4.51. The Morgan fingerprint density at radius 1 is 1.11 bits per heavy atom. The smallest absolute Gasteiger partial charge is 0.266 e. The summed E-state index contributed by atoms with van der Waals surface area (Å²) in [7, 11) is -3.55. The van der Waals surface area contributed by atoms with Crippen LogP contribution in [0.25, 0.3) is 0 Å². The van der Waals surface area contributed by atoms with Crippen molar-refractivity contribution in [3.8, 4) is 0 Å². The molecule has 2 aromatic rings. The van der Waals surface area contributed by atoms with Crippen molar-refractivity contribution in [3.63, 3.8) is 0 Å². The summed E-state index contributed by atoms with van der Waals surface area (Å²) in [6, 6.07) is 6.36. The number of piperidine rings is 1. The predicted octanol–water partition coefficient (Wildman–Crippen LogP) is 0.996. The van der Waals surface area contributed by atoms with Crippen molar-refractivity contribution in [2.24, 2.45) is 5.92 Å². The molecule has 0 amide bonds. The SMILES string of the molecule is O=c1ccc(N2CCC(NS(=O)(=O)c3cccnc3)CC2)nn1CC1CC1. The number of hydrogen-bond acceptors (Lipinski definition) is 6. The fourth-order valence-corrected chi connectivity index (χ4v) is 4.57. The highest BCUT2D eigenvalue weighted by molar-refractivity contribution is 7.89. The largest absolute Gasteiger partial charge is 0.355 e. The summed E-state index contributed by atoms with van der Waals surface area (Å²) in [6.07, 6.45) is 6.60. The third-order valence-electron chi connectivity index (χ3n) is 5.07. The summed E-state index contributed by atoms with van der Waals surface area (Å²) in [6.45, 7) is 2.07. The van der Waals surface area contributed by atoms with E-state index in [-0.39, 0.29) is 16.5 Å². The molecular formula is C18H23N5O3S. The van der Waals surface area contributed by atoms with Crippen molar-refractivity contribution < 1.29 is 8.42 Å². The summed E-state index contributed by atoms with van der Waals surface area (Å²) in [5.74, 6) is 1.36. The van der Waals surface area contributed by atoms with Gasteiger partial charge in [-0.25, -0.2) is 17.8 Å². The molecule has 8 nitrogen and oxygen atoms in total. The molecule has 1 aliphatic carbocycles. The Kier molecular flexibility index (Phi) is 4.96. The van der Waals surface area contributed by atoms with Crippen molar-refractivity contribution in [2.45, 2.75) is 43.2 Å². The number of anilines is 1. The molecular weight excluding hydrogens is 366 g/mol. The molecule has 2 fully saturated rings. The number of nitrogens with zero attached hydrogens (tertiary/aromatic N) is 4. The number of rotatable bonds is 6. The third-order valence-corrected chi connectivity index (χ3v) is 6.57. The number of nitrogens with one attached hydrogen (secondary N) is 1. The van der Waals surface area contributed by atoms with Gasteiger partial charge in [0.05, 0.1) is 0 Å². The highest BCUT2D eigenvalue weighted by atomic mass is 32.2. The van der Waals surface area contributed by atoms with Crippen LogP contribution in [0.15, 0.2) is 46.3 Å². The maximum absolute atomic E-state index is 12.4. The lowest BCUT2D eigenvalue weighted by Gasteiger charge is -2.33. The van der Waals surface area contributed by atoms with Crippen molar-refractivity contribution in [2.75, 3.05) is 18.0 Å². The van der Waals surface area contributed by atoms with Gasteiger partial charge in [0.1, 0.15) is 10.7 Å². The summed E-state index contributed by atoms with van der Waals surface area (Å²) < 4.78 is 29.2. The Morgan fingerprint density at radius 3 is 2.56 bits per heavy atom. The fraction of sp³-hybridized carbons (Fsp3) is 0.500. The highest BCUT2D eigenvalue weighted by Gasteiger charge is 2.26. The summed E-state index contributed by atoms with van der Waals surface area (Å²) >= 11 is 0. The molecule has 3 heterocycles. The van der Waals surface area contributed by atoms with Crippen LogP contribution in [-0.2, 0) is 16.6 Å². The van der Waals surface area contributed by atoms with Crippen molar-refractivity contribution in [1.29, 1.82) is 0 Å². The van der Waals surface area contributed by atoms with Crippen LogP contribution in [-0.4, -0.2) is 42.3 Å². The lowest BCUT2D eigenvalue weighted by atomic mass is 10.1. The van der Waals surface area contributed by atoms with Gasteiger partial charge in [-0.05, 0) is 49.8 Å². The minimum Gasteiger partial charge on any atom is -0.355 e. The Balaban J connectivity index is 1.38. The molecule has 0 bridgehead atoms. The zero-order chi connectivity index (χ0) is 18.9. The molecule has 4 rings (SSSR count). The first kappa shape index (κ1) is 18.1. The molecule has 1 saturated carbocycles. The van der Waals surface area contributed by atoms with E-state index in [1.165, 1.54) is 25.1 Å². The maximum Gasteiger partial charge on any atom is 0.266 e. The molecule has 2 aliphatic rings. The van der Waals surface area contributed by atoms with E-state index in [4.69, 9.17) is 0 Å². The zero-order valence-corrected chi connectivity index (χ0v) is 15.8. The van der Waals surface area contributed by atoms with Gasteiger partial charge in [0.15, 0.2) is 0 Å². The second kappa shape index (κ2) is 7.40. The number of pyridine rings is 1. The first-order valence-corrected chi connectivity index (χ1v) is 10.7. The molecule has 1 aliphatic heterocycles. The number of sulfonamides is 1. The van der Waals surface area contributed by atoms with Crippen molar-refractivity contribution in [1.82, 2.24) is 19.5 Å². The van der Waals surface area contributed by atoms with E-state index in [2.05, 4.69) is 19.7 Å². The molecule has 144 valence electrons. The van der Waals surface area contributed by atoms with Crippen LogP contribution < -0.4 is 15.2 Å². The standard InChI is InChI=1S/C18H23N5O3S/c24-18-6-5-17(20-23(18)13-14-3-4-14)22-10-7-15(8-11-22)21-27(25,26)16-2-1-9-19-12-16/h1-2,5-6,9,12,14-15,21H,3-4,7-8,10-11,13H2. The van der Waals surface area contributed by atoms with Gasteiger partial charge < -0.3 is 4.90 Å². The Hall–Kier alpha value is -2.26. The molecule has 0 aromatic carbocycles. The van der Waals surface area contributed by atoms with E-state index in [1.807, 2.05) is 0 Å². The number of hydrogen-bond donors (Lipinski definition) is 1.